The molecule has 0 saturated carbocycles. The van der Waals surface area contributed by atoms with Crippen molar-refractivity contribution >= 4 is 57.6 Å². The zero-order valence-electron chi connectivity index (χ0n) is 10.6. The predicted molar refractivity (Wildman–Crippen MR) is 90.2 cm³/mol. The molecule has 0 aliphatic carbocycles. The van der Waals surface area contributed by atoms with Gasteiger partial charge in [0, 0.05) is 9.26 Å². The van der Waals surface area contributed by atoms with E-state index >= 15 is 0 Å². The van der Waals surface area contributed by atoms with Gasteiger partial charge in [-0.25, -0.2) is 9.59 Å². The molecule has 0 radical (unpaired) electrons. The van der Waals surface area contributed by atoms with E-state index in [2.05, 4.69) is 33.2 Å². The summed E-state index contributed by atoms with van der Waals surface area (Å²) in [7, 11) is 0. The monoisotopic (exact) mass is 416 g/mol. The Morgan fingerprint density at radius 2 is 1.71 bits per heavy atom. The Morgan fingerprint density at radius 3 is 2.29 bits per heavy atom. The van der Waals surface area contributed by atoms with Crippen LogP contribution in [-0.2, 0) is 0 Å². The quantitative estimate of drug-likeness (QED) is 0.653. The summed E-state index contributed by atoms with van der Waals surface area (Å²) in [4.78, 5) is 22.6. The fourth-order valence-electron chi connectivity index (χ4n) is 1.57. The number of carboxylic acid groups (broad SMARTS) is 1. The Kier molecular flexibility index (Phi) is 5.03. The molecule has 108 valence electrons. The molecule has 21 heavy (non-hydrogen) atoms. The molecule has 0 aliphatic rings. The third-order valence-corrected chi connectivity index (χ3v) is 3.55. The molecule has 0 atom stereocenters. The van der Waals surface area contributed by atoms with E-state index in [9.17, 15) is 9.59 Å². The topological polar surface area (TPSA) is 78.4 Å². The van der Waals surface area contributed by atoms with Gasteiger partial charge in [-0.3, -0.25) is 0 Å². The summed E-state index contributed by atoms with van der Waals surface area (Å²) in [6, 6.07) is 10.7. The fourth-order valence-corrected chi connectivity index (χ4v) is 2.47. The third kappa shape index (κ3) is 4.33. The molecule has 0 heterocycles. The molecule has 0 spiro atoms. The summed E-state index contributed by atoms with van der Waals surface area (Å²) in [6.45, 7) is 0. The molecular weight excluding hydrogens is 407 g/mol. The Labute approximate surface area is 139 Å². The summed E-state index contributed by atoms with van der Waals surface area (Å²) in [6.07, 6.45) is 0. The van der Waals surface area contributed by atoms with Crippen LogP contribution < -0.4 is 10.6 Å². The largest absolute Gasteiger partial charge is 0.478 e. The van der Waals surface area contributed by atoms with Gasteiger partial charge in [-0.05, 0) is 65.1 Å². The lowest BCUT2D eigenvalue weighted by Gasteiger charge is -2.09. The van der Waals surface area contributed by atoms with E-state index in [0.717, 1.165) is 3.57 Å². The number of carbonyl (C=O) groups is 2. The molecule has 0 aromatic heterocycles. The number of halogens is 2. The molecule has 0 fully saturated rings. The number of carboxylic acids is 1. The van der Waals surface area contributed by atoms with E-state index in [1.165, 1.54) is 24.3 Å². The van der Waals surface area contributed by atoms with Crippen molar-refractivity contribution < 1.29 is 14.7 Å². The van der Waals surface area contributed by atoms with Gasteiger partial charge in [-0.1, -0.05) is 11.6 Å². The smallest absolute Gasteiger partial charge is 0.335 e. The number of carbonyl (C=O) groups excluding carboxylic acids is 1. The van der Waals surface area contributed by atoms with E-state index in [-0.39, 0.29) is 5.56 Å². The minimum absolute atomic E-state index is 0.154. The van der Waals surface area contributed by atoms with E-state index in [0.29, 0.717) is 16.4 Å². The zero-order valence-corrected chi connectivity index (χ0v) is 13.5. The number of urea groups is 1. The number of benzene rings is 2. The standard InChI is InChI=1S/C14H10ClIN2O3/c15-11-7-9(16)3-6-12(11)18-14(21)17-10-4-1-8(2-5-10)13(19)20/h1-7H,(H,19,20)(H2,17,18,21). The molecule has 5 nitrogen and oxygen atoms in total. The van der Waals surface area contributed by atoms with Crippen molar-refractivity contribution in [1.29, 1.82) is 0 Å². The maximum absolute atomic E-state index is 11.8. The average molecular weight is 417 g/mol. The number of anilines is 2. The van der Waals surface area contributed by atoms with Gasteiger partial charge in [0.2, 0.25) is 0 Å². The zero-order chi connectivity index (χ0) is 15.4. The second kappa shape index (κ2) is 6.77. The van der Waals surface area contributed by atoms with Crippen LogP contribution in [0.3, 0.4) is 0 Å². The van der Waals surface area contributed by atoms with Gasteiger partial charge >= 0.3 is 12.0 Å². The average Bonchev–Trinajstić information content (AvgIpc) is 2.42. The van der Waals surface area contributed by atoms with Gasteiger partial charge in [-0.15, -0.1) is 0 Å². The van der Waals surface area contributed by atoms with Crippen LogP contribution in [0, 0.1) is 3.57 Å². The maximum atomic E-state index is 11.8. The van der Waals surface area contributed by atoms with Gasteiger partial charge in [0.05, 0.1) is 16.3 Å². The second-order valence-corrected chi connectivity index (χ2v) is 5.74. The molecule has 0 unspecified atom stereocenters. The summed E-state index contributed by atoms with van der Waals surface area (Å²) < 4.78 is 0.966. The van der Waals surface area contributed by atoms with E-state index in [1.807, 2.05) is 6.07 Å². The lowest BCUT2D eigenvalue weighted by atomic mass is 10.2. The highest BCUT2D eigenvalue weighted by Crippen LogP contribution is 2.24. The van der Waals surface area contributed by atoms with Crippen LogP contribution in [0.4, 0.5) is 16.2 Å². The van der Waals surface area contributed by atoms with Crippen molar-refractivity contribution in [2.75, 3.05) is 10.6 Å². The molecule has 0 aliphatic heterocycles. The molecule has 0 bridgehead atoms. The minimum atomic E-state index is -1.02. The third-order valence-electron chi connectivity index (χ3n) is 2.57. The van der Waals surface area contributed by atoms with Crippen molar-refractivity contribution in [3.05, 3.63) is 56.6 Å². The highest BCUT2D eigenvalue weighted by atomic mass is 127. The van der Waals surface area contributed by atoms with Crippen molar-refractivity contribution in [2.45, 2.75) is 0 Å². The second-order valence-electron chi connectivity index (χ2n) is 4.09. The van der Waals surface area contributed by atoms with E-state index in [4.69, 9.17) is 16.7 Å². The number of rotatable bonds is 3. The summed E-state index contributed by atoms with van der Waals surface area (Å²) >= 11 is 8.14. The van der Waals surface area contributed by atoms with Crippen molar-refractivity contribution in [2.24, 2.45) is 0 Å². The molecule has 0 saturated heterocycles. The molecule has 2 rings (SSSR count). The number of aromatic carboxylic acids is 1. The van der Waals surface area contributed by atoms with Crippen molar-refractivity contribution in [3.8, 4) is 0 Å². The fraction of sp³-hybridized carbons (Fsp3) is 0. The number of hydrogen-bond donors (Lipinski definition) is 3. The Balaban J connectivity index is 2.02. The number of hydrogen-bond acceptors (Lipinski definition) is 2. The highest BCUT2D eigenvalue weighted by Gasteiger charge is 2.07. The summed E-state index contributed by atoms with van der Waals surface area (Å²) in [5.41, 5.74) is 1.14. The van der Waals surface area contributed by atoms with Crippen LogP contribution in [0.1, 0.15) is 10.4 Å². The van der Waals surface area contributed by atoms with Gasteiger partial charge < -0.3 is 15.7 Å². The Morgan fingerprint density at radius 1 is 1.05 bits per heavy atom. The first-order valence-electron chi connectivity index (χ1n) is 5.82. The van der Waals surface area contributed by atoms with Crippen molar-refractivity contribution in [3.63, 3.8) is 0 Å². The van der Waals surface area contributed by atoms with Crippen molar-refractivity contribution in [1.82, 2.24) is 0 Å². The van der Waals surface area contributed by atoms with Gasteiger partial charge in [0.1, 0.15) is 0 Å². The lowest BCUT2D eigenvalue weighted by molar-refractivity contribution is 0.0697. The molecule has 7 heteroatoms. The van der Waals surface area contributed by atoms with E-state index in [1.54, 1.807) is 12.1 Å². The van der Waals surface area contributed by atoms with Crippen LogP contribution in [0.2, 0.25) is 5.02 Å². The predicted octanol–water partition coefficient (Wildman–Crippen LogP) is 4.29. The normalized spacial score (nSPS) is 10.0. The lowest BCUT2D eigenvalue weighted by Crippen LogP contribution is -2.19. The van der Waals surface area contributed by atoms with Gasteiger partial charge in [0.25, 0.3) is 0 Å². The van der Waals surface area contributed by atoms with Gasteiger partial charge in [-0.2, -0.15) is 0 Å². The number of amides is 2. The van der Waals surface area contributed by atoms with Gasteiger partial charge in [0.15, 0.2) is 0 Å². The molecule has 2 amide bonds. The summed E-state index contributed by atoms with van der Waals surface area (Å²) in [5.74, 6) is -1.02. The minimum Gasteiger partial charge on any atom is -0.478 e. The first-order valence-corrected chi connectivity index (χ1v) is 7.28. The van der Waals surface area contributed by atoms with Crippen LogP contribution in [0.5, 0.6) is 0 Å². The molecule has 2 aromatic carbocycles. The van der Waals surface area contributed by atoms with Crippen LogP contribution >= 0.6 is 34.2 Å². The molecular formula is C14H10ClIN2O3. The van der Waals surface area contributed by atoms with Crippen LogP contribution in [0.15, 0.2) is 42.5 Å². The van der Waals surface area contributed by atoms with E-state index < -0.39 is 12.0 Å². The highest BCUT2D eigenvalue weighted by molar-refractivity contribution is 14.1. The first-order chi connectivity index (χ1) is 9.95. The Hall–Kier alpha value is -1.80. The summed E-state index contributed by atoms with van der Waals surface area (Å²) in [5, 5.41) is 14.4. The Bertz CT molecular complexity index is 689. The first kappa shape index (κ1) is 15.6. The SMILES string of the molecule is O=C(Nc1ccc(C(=O)O)cc1)Nc1ccc(I)cc1Cl. The van der Waals surface area contributed by atoms with Crippen LogP contribution in [0.25, 0.3) is 0 Å². The van der Waals surface area contributed by atoms with Crippen LogP contribution in [-0.4, -0.2) is 17.1 Å². The molecule has 2 aromatic rings. The maximum Gasteiger partial charge on any atom is 0.335 e. The number of nitrogens with one attached hydrogen (secondary N) is 2. The molecule has 3 N–H and O–H groups in total.